The largest absolute Gasteiger partial charge is 0.289 e. The van der Waals surface area contributed by atoms with Crippen molar-refractivity contribution >= 4 is 17.3 Å². The summed E-state index contributed by atoms with van der Waals surface area (Å²) < 4.78 is 0. The number of hydrazone groups is 1. The predicted molar refractivity (Wildman–Crippen MR) is 102 cm³/mol. The number of nitrogens with one attached hydrogen (secondary N) is 2. The molecule has 0 spiro atoms. The number of nitro groups is 1. The second kappa shape index (κ2) is 7.61. The van der Waals surface area contributed by atoms with Gasteiger partial charge in [0.15, 0.2) is 0 Å². The molecule has 0 aliphatic heterocycles. The fourth-order valence-electron chi connectivity index (χ4n) is 2.60. The number of carbonyl (C=O) groups excluding carboxylic acids is 1. The van der Waals surface area contributed by atoms with Gasteiger partial charge in [-0.1, -0.05) is 42.5 Å². The molecule has 0 unspecified atom stereocenters. The minimum absolute atomic E-state index is 0.0368. The van der Waals surface area contributed by atoms with E-state index in [-0.39, 0.29) is 5.69 Å². The number of nitro benzene ring substituents is 1. The van der Waals surface area contributed by atoms with Gasteiger partial charge in [-0.3, -0.25) is 20.0 Å². The second-order valence-corrected chi connectivity index (χ2v) is 5.88. The van der Waals surface area contributed by atoms with Crippen LogP contribution in [-0.4, -0.2) is 26.7 Å². The van der Waals surface area contributed by atoms with Gasteiger partial charge in [0, 0.05) is 28.8 Å². The van der Waals surface area contributed by atoms with Crippen LogP contribution in [0.2, 0.25) is 0 Å². The van der Waals surface area contributed by atoms with E-state index in [2.05, 4.69) is 20.7 Å². The van der Waals surface area contributed by atoms with Crippen molar-refractivity contribution in [2.45, 2.75) is 13.8 Å². The van der Waals surface area contributed by atoms with Crippen molar-refractivity contribution in [2.75, 3.05) is 0 Å². The number of non-ortho nitro benzene ring substituents is 1. The third kappa shape index (κ3) is 3.90. The number of carbonyl (C=O) groups is 1. The third-order valence-electron chi connectivity index (χ3n) is 4.08. The van der Waals surface area contributed by atoms with Gasteiger partial charge in [0.2, 0.25) is 0 Å². The van der Waals surface area contributed by atoms with Crippen LogP contribution in [0.25, 0.3) is 11.3 Å². The fourth-order valence-corrected chi connectivity index (χ4v) is 2.60. The lowest BCUT2D eigenvalue weighted by Crippen LogP contribution is -2.20. The number of benzene rings is 2. The normalized spacial score (nSPS) is 11.3. The summed E-state index contributed by atoms with van der Waals surface area (Å²) in [5, 5.41) is 21.9. The molecule has 0 saturated carbocycles. The van der Waals surface area contributed by atoms with Gasteiger partial charge in [0.25, 0.3) is 11.6 Å². The molecule has 8 nitrogen and oxygen atoms in total. The minimum Gasteiger partial charge on any atom is -0.272 e. The number of rotatable bonds is 5. The van der Waals surface area contributed by atoms with Gasteiger partial charge >= 0.3 is 0 Å². The number of hydrogen-bond donors (Lipinski definition) is 2. The first kappa shape index (κ1) is 18.0. The Morgan fingerprint density at radius 1 is 1.19 bits per heavy atom. The maximum absolute atomic E-state index is 12.4. The van der Waals surface area contributed by atoms with Gasteiger partial charge in [-0.2, -0.15) is 10.2 Å². The molecule has 0 radical (unpaired) electrons. The maximum atomic E-state index is 12.4. The Balaban J connectivity index is 1.78. The zero-order valence-corrected chi connectivity index (χ0v) is 14.8. The molecule has 3 aromatic rings. The Kier molecular flexibility index (Phi) is 5.07. The molecule has 0 aliphatic rings. The van der Waals surface area contributed by atoms with E-state index in [1.54, 1.807) is 26.0 Å². The first-order valence-electron chi connectivity index (χ1n) is 8.17. The van der Waals surface area contributed by atoms with E-state index >= 15 is 0 Å². The van der Waals surface area contributed by atoms with Crippen molar-refractivity contribution in [3.8, 4) is 11.3 Å². The summed E-state index contributed by atoms with van der Waals surface area (Å²) in [7, 11) is 0. The van der Waals surface area contributed by atoms with Gasteiger partial charge < -0.3 is 0 Å². The molecular formula is C19H17N5O3. The number of amides is 1. The van der Waals surface area contributed by atoms with Gasteiger partial charge in [-0.25, -0.2) is 5.43 Å². The molecule has 8 heteroatoms. The van der Waals surface area contributed by atoms with Gasteiger partial charge in [0.05, 0.1) is 16.3 Å². The highest BCUT2D eigenvalue weighted by Crippen LogP contribution is 2.22. The minimum atomic E-state index is -0.478. The Morgan fingerprint density at radius 2 is 1.93 bits per heavy atom. The van der Waals surface area contributed by atoms with E-state index in [1.807, 2.05) is 30.3 Å². The van der Waals surface area contributed by atoms with Crippen LogP contribution in [0.3, 0.4) is 0 Å². The molecule has 0 fully saturated rings. The van der Waals surface area contributed by atoms with E-state index < -0.39 is 10.8 Å². The summed E-state index contributed by atoms with van der Waals surface area (Å²) >= 11 is 0. The summed E-state index contributed by atoms with van der Waals surface area (Å²) in [6.07, 6.45) is 0. The van der Waals surface area contributed by atoms with Crippen LogP contribution in [0, 0.1) is 17.0 Å². The van der Waals surface area contributed by atoms with E-state index in [0.29, 0.717) is 28.2 Å². The molecule has 0 bridgehead atoms. The van der Waals surface area contributed by atoms with Crippen molar-refractivity contribution in [2.24, 2.45) is 5.10 Å². The lowest BCUT2D eigenvalue weighted by molar-refractivity contribution is -0.384. The molecule has 1 amide bonds. The lowest BCUT2D eigenvalue weighted by atomic mass is 10.1. The maximum Gasteiger partial charge on any atom is 0.289 e. The molecule has 2 N–H and O–H groups in total. The molecule has 1 heterocycles. The number of H-pyrrole nitrogens is 1. The molecule has 0 aliphatic carbocycles. The van der Waals surface area contributed by atoms with Crippen LogP contribution in [0.5, 0.6) is 0 Å². The van der Waals surface area contributed by atoms with E-state index in [1.165, 1.54) is 12.1 Å². The smallest absolute Gasteiger partial charge is 0.272 e. The summed E-state index contributed by atoms with van der Waals surface area (Å²) in [4.78, 5) is 22.8. The fraction of sp³-hybridized carbons (Fsp3) is 0.105. The van der Waals surface area contributed by atoms with Crippen LogP contribution < -0.4 is 5.43 Å². The standard InChI is InChI=1S/C19H17N5O3/c1-12-17(14-7-4-3-5-8-14)21-22-18(12)19(25)23-20-13(2)15-9-6-10-16(11-15)24(26)27/h3-11H,1-2H3,(H,21,22)(H,23,25)/b20-13+. The molecule has 136 valence electrons. The second-order valence-electron chi connectivity index (χ2n) is 5.88. The highest BCUT2D eigenvalue weighted by molar-refractivity contribution is 6.01. The summed E-state index contributed by atoms with van der Waals surface area (Å²) in [5.74, 6) is -0.438. The summed E-state index contributed by atoms with van der Waals surface area (Å²) in [5.41, 5.74) is 6.04. The molecular weight excluding hydrogens is 346 g/mol. The average Bonchev–Trinajstić information content (AvgIpc) is 3.08. The molecule has 2 aromatic carbocycles. The SMILES string of the molecule is C/C(=N\NC(=O)c1[nH]nc(-c2ccccc2)c1C)c1cccc([N+](=O)[O-])c1. The number of aromatic amines is 1. The Morgan fingerprint density at radius 3 is 2.63 bits per heavy atom. The topological polar surface area (TPSA) is 113 Å². The Hall–Kier alpha value is -3.81. The van der Waals surface area contributed by atoms with Crippen molar-refractivity contribution in [3.05, 3.63) is 81.5 Å². The van der Waals surface area contributed by atoms with Crippen LogP contribution in [0.4, 0.5) is 5.69 Å². The highest BCUT2D eigenvalue weighted by atomic mass is 16.6. The van der Waals surface area contributed by atoms with Crippen molar-refractivity contribution in [1.82, 2.24) is 15.6 Å². The van der Waals surface area contributed by atoms with Crippen molar-refractivity contribution in [3.63, 3.8) is 0 Å². The summed E-state index contributed by atoms with van der Waals surface area (Å²) in [6.45, 7) is 3.46. The Bertz CT molecular complexity index is 1020. The summed E-state index contributed by atoms with van der Waals surface area (Å²) in [6, 6.07) is 15.6. The van der Waals surface area contributed by atoms with Crippen molar-refractivity contribution < 1.29 is 9.72 Å². The highest BCUT2D eigenvalue weighted by Gasteiger charge is 2.16. The quantitative estimate of drug-likeness (QED) is 0.410. The van der Waals surface area contributed by atoms with Crippen LogP contribution in [-0.2, 0) is 0 Å². The zero-order valence-electron chi connectivity index (χ0n) is 14.8. The van der Waals surface area contributed by atoms with E-state index in [0.717, 1.165) is 5.56 Å². The average molecular weight is 363 g/mol. The van der Waals surface area contributed by atoms with Gasteiger partial charge in [0.1, 0.15) is 5.69 Å². The monoisotopic (exact) mass is 363 g/mol. The predicted octanol–water partition coefficient (Wildman–Crippen LogP) is 3.45. The number of hydrogen-bond acceptors (Lipinski definition) is 5. The molecule has 3 rings (SSSR count). The van der Waals surface area contributed by atoms with Gasteiger partial charge in [-0.15, -0.1) is 0 Å². The number of aromatic nitrogens is 2. The van der Waals surface area contributed by atoms with Crippen LogP contribution >= 0.6 is 0 Å². The molecule has 0 atom stereocenters. The first-order valence-corrected chi connectivity index (χ1v) is 8.17. The van der Waals surface area contributed by atoms with Crippen LogP contribution in [0.15, 0.2) is 59.7 Å². The van der Waals surface area contributed by atoms with E-state index in [4.69, 9.17) is 0 Å². The number of nitrogens with zero attached hydrogens (tertiary/aromatic N) is 3. The van der Waals surface area contributed by atoms with Gasteiger partial charge in [-0.05, 0) is 13.8 Å². The van der Waals surface area contributed by atoms with E-state index in [9.17, 15) is 14.9 Å². The molecule has 0 saturated heterocycles. The van der Waals surface area contributed by atoms with Crippen LogP contribution in [0.1, 0.15) is 28.5 Å². The molecule has 27 heavy (non-hydrogen) atoms. The van der Waals surface area contributed by atoms with Crippen molar-refractivity contribution in [1.29, 1.82) is 0 Å². The zero-order chi connectivity index (χ0) is 19.4. The first-order chi connectivity index (χ1) is 13.0. The molecule has 1 aromatic heterocycles. The Labute approximate surface area is 155 Å². The lowest BCUT2D eigenvalue weighted by Gasteiger charge is -2.03. The third-order valence-corrected chi connectivity index (χ3v) is 4.08.